The highest BCUT2D eigenvalue weighted by atomic mass is 31.2. The summed E-state index contributed by atoms with van der Waals surface area (Å²) in [5.41, 5.74) is 6.03. The van der Waals surface area contributed by atoms with Crippen molar-refractivity contribution in [3.63, 3.8) is 0 Å². The van der Waals surface area contributed by atoms with Crippen molar-refractivity contribution in [1.82, 2.24) is 30.5 Å². The molecular formula is C27H52N9O3P. The predicted octanol–water partition coefficient (Wildman–Crippen LogP) is 2.26. The average Bonchev–Trinajstić information content (AvgIpc) is 2.93. The van der Waals surface area contributed by atoms with Crippen molar-refractivity contribution in [1.29, 1.82) is 0 Å². The van der Waals surface area contributed by atoms with Crippen LogP contribution >= 0.6 is 7.60 Å². The number of nitrogens with zero attached hydrogens (tertiary/aromatic N) is 5. The second kappa shape index (κ2) is 15.6. The molecule has 40 heavy (non-hydrogen) atoms. The average molecular weight is 582 g/mol. The summed E-state index contributed by atoms with van der Waals surface area (Å²) >= 11 is 0. The molecule has 7 N–H and O–H groups in total. The SMILES string of the molecule is C[C@H]1CN(c2nc(N)nc(NC[C@H]3CC[C@H](CNCCCNC4CCCCC4)CC3)n2)CCN1CCP(=O)(O)O. The molecule has 1 aromatic heterocycles. The molecule has 1 aliphatic heterocycles. The molecule has 0 bridgehead atoms. The molecule has 0 radical (unpaired) electrons. The third kappa shape index (κ3) is 10.7. The zero-order valence-electron chi connectivity index (χ0n) is 24.3. The van der Waals surface area contributed by atoms with E-state index in [-0.39, 0.29) is 18.2 Å². The van der Waals surface area contributed by atoms with Gasteiger partial charge < -0.3 is 36.4 Å². The minimum Gasteiger partial charge on any atom is -0.368 e. The van der Waals surface area contributed by atoms with Gasteiger partial charge >= 0.3 is 7.60 Å². The van der Waals surface area contributed by atoms with Crippen LogP contribution in [-0.2, 0) is 4.57 Å². The van der Waals surface area contributed by atoms with Crippen LogP contribution < -0.4 is 26.6 Å². The zero-order chi connectivity index (χ0) is 28.4. The van der Waals surface area contributed by atoms with Crippen molar-refractivity contribution < 1.29 is 14.4 Å². The summed E-state index contributed by atoms with van der Waals surface area (Å²) in [5.74, 6) is 2.65. The topological polar surface area (TPSA) is 165 Å². The van der Waals surface area contributed by atoms with Crippen LogP contribution in [0.3, 0.4) is 0 Å². The van der Waals surface area contributed by atoms with Gasteiger partial charge in [-0.15, -0.1) is 0 Å². The largest absolute Gasteiger partial charge is 0.368 e. The van der Waals surface area contributed by atoms with Crippen molar-refractivity contribution >= 4 is 25.4 Å². The maximum atomic E-state index is 11.3. The summed E-state index contributed by atoms with van der Waals surface area (Å²) in [7, 11) is -4.00. The molecule has 1 atom stereocenters. The molecule has 3 fully saturated rings. The Labute approximate surface area is 239 Å². The first kappa shape index (κ1) is 31.4. The fraction of sp³-hybridized carbons (Fsp3) is 0.889. The molecule has 0 unspecified atom stereocenters. The molecule has 1 saturated heterocycles. The molecular weight excluding hydrogens is 529 g/mol. The lowest BCUT2D eigenvalue weighted by Gasteiger charge is -2.39. The summed E-state index contributed by atoms with van der Waals surface area (Å²) in [6.07, 6.45) is 12.9. The van der Waals surface area contributed by atoms with Gasteiger partial charge in [-0.1, -0.05) is 19.3 Å². The number of piperazine rings is 1. The second-order valence-electron chi connectivity index (χ2n) is 12.2. The highest BCUT2D eigenvalue weighted by Gasteiger charge is 2.28. The summed E-state index contributed by atoms with van der Waals surface area (Å²) in [6.45, 7) is 8.65. The first-order chi connectivity index (χ1) is 19.2. The molecule has 2 aliphatic carbocycles. The molecule has 0 amide bonds. The molecule has 1 aromatic rings. The van der Waals surface area contributed by atoms with Crippen LogP contribution in [0.15, 0.2) is 0 Å². The van der Waals surface area contributed by atoms with Crippen molar-refractivity contribution in [2.75, 3.05) is 74.5 Å². The Bertz CT molecular complexity index is 938. The van der Waals surface area contributed by atoms with Gasteiger partial charge in [0.25, 0.3) is 0 Å². The van der Waals surface area contributed by atoms with E-state index in [2.05, 4.69) is 47.6 Å². The second-order valence-corrected chi connectivity index (χ2v) is 13.9. The van der Waals surface area contributed by atoms with Gasteiger partial charge in [0.05, 0.1) is 6.16 Å². The maximum absolute atomic E-state index is 11.3. The van der Waals surface area contributed by atoms with Crippen LogP contribution in [0, 0.1) is 11.8 Å². The fourth-order valence-corrected chi connectivity index (χ4v) is 6.89. The Hall–Kier alpha value is -1.56. The van der Waals surface area contributed by atoms with E-state index in [1.165, 1.54) is 64.2 Å². The van der Waals surface area contributed by atoms with E-state index in [0.717, 1.165) is 38.1 Å². The summed E-state index contributed by atoms with van der Waals surface area (Å²) in [6, 6.07) is 0.880. The van der Waals surface area contributed by atoms with Crippen LogP contribution in [-0.4, -0.2) is 100 Å². The lowest BCUT2D eigenvalue weighted by Crippen LogP contribution is -2.53. The Morgan fingerprint density at radius 3 is 2.38 bits per heavy atom. The van der Waals surface area contributed by atoms with Gasteiger partial charge in [0.2, 0.25) is 17.8 Å². The quantitative estimate of drug-likeness (QED) is 0.140. The Kier molecular flexibility index (Phi) is 12.2. The molecule has 0 spiro atoms. The number of nitrogens with one attached hydrogen (secondary N) is 3. The maximum Gasteiger partial charge on any atom is 0.326 e. The Morgan fingerprint density at radius 1 is 0.950 bits per heavy atom. The standard InChI is InChI=1S/C27H52N9O3P/c1-21-20-36(15-14-35(21)16-17-40(37,38)39)27-33-25(28)32-26(34-27)31-19-23-10-8-22(9-11-23)18-29-12-5-13-30-24-6-3-2-4-7-24/h21-24,29-30H,2-20H2,1H3,(H2,37,38,39)(H3,28,31,32,33,34)/t21-,22-,23-/m0/s1. The first-order valence-electron chi connectivity index (χ1n) is 15.5. The number of hydrogen-bond acceptors (Lipinski definition) is 10. The fourth-order valence-electron chi connectivity index (χ4n) is 6.38. The molecule has 3 aliphatic rings. The number of nitrogens with two attached hydrogens (primary N) is 1. The summed E-state index contributed by atoms with van der Waals surface area (Å²) in [5, 5.41) is 10.8. The lowest BCUT2D eigenvalue weighted by molar-refractivity contribution is 0.196. The molecule has 2 saturated carbocycles. The number of hydrogen-bond donors (Lipinski definition) is 6. The molecule has 2 heterocycles. The van der Waals surface area contributed by atoms with Crippen LogP contribution in [0.25, 0.3) is 0 Å². The summed E-state index contributed by atoms with van der Waals surface area (Å²) < 4.78 is 11.3. The van der Waals surface area contributed by atoms with E-state index < -0.39 is 7.60 Å². The van der Waals surface area contributed by atoms with E-state index in [1.54, 1.807) is 0 Å². The number of anilines is 3. The monoisotopic (exact) mass is 581 g/mol. The minimum atomic E-state index is -4.00. The minimum absolute atomic E-state index is 0.123. The van der Waals surface area contributed by atoms with E-state index in [4.69, 9.17) is 5.73 Å². The van der Waals surface area contributed by atoms with Crippen molar-refractivity contribution in [2.45, 2.75) is 83.2 Å². The van der Waals surface area contributed by atoms with Crippen molar-refractivity contribution in [3.8, 4) is 0 Å². The highest BCUT2D eigenvalue weighted by Crippen LogP contribution is 2.34. The molecule has 12 nitrogen and oxygen atoms in total. The van der Waals surface area contributed by atoms with Crippen LogP contribution in [0.2, 0.25) is 0 Å². The van der Waals surface area contributed by atoms with E-state index in [1.807, 2.05) is 0 Å². The molecule has 0 aromatic carbocycles. The van der Waals surface area contributed by atoms with Crippen molar-refractivity contribution in [2.24, 2.45) is 11.8 Å². The Morgan fingerprint density at radius 2 is 1.68 bits per heavy atom. The van der Waals surface area contributed by atoms with E-state index in [0.29, 0.717) is 44.0 Å². The van der Waals surface area contributed by atoms with Gasteiger partial charge in [0.15, 0.2) is 0 Å². The number of rotatable bonds is 14. The smallest absolute Gasteiger partial charge is 0.326 e. The van der Waals surface area contributed by atoms with Crippen LogP contribution in [0.1, 0.15) is 71.1 Å². The van der Waals surface area contributed by atoms with Gasteiger partial charge in [-0.3, -0.25) is 9.46 Å². The van der Waals surface area contributed by atoms with Crippen LogP contribution in [0.5, 0.6) is 0 Å². The summed E-state index contributed by atoms with van der Waals surface area (Å²) in [4.78, 5) is 35.9. The third-order valence-corrected chi connectivity index (χ3v) is 9.67. The highest BCUT2D eigenvalue weighted by molar-refractivity contribution is 7.51. The number of aromatic nitrogens is 3. The van der Waals surface area contributed by atoms with Gasteiger partial charge in [-0.05, 0) is 83.3 Å². The third-order valence-electron chi connectivity index (χ3n) is 8.88. The lowest BCUT2D eigenvalue weighted by atomic mass is 9.82. The zero-order valence-corrected chi connectivity index (χ0v) is 25.2. The normalized spacial score (nSPS) is 25.3. The van der Waals surface area contributed by atoms with Gasteiger partial charge in [0, 0.05) is 44.8 Å². The number of nitrogen functional groups attached to an aromatic ring is 1. The Balaban J connectivity index is 1.11. The predicted molar refractivity (Wildman–Crippen MR) is 161 cm³/mol. The first-order valence-corrected chi connectivity index (χ1v) is 17.3. The molecule has 228 valence electrons. The van der Waals surface area contributed by atoms with Gasteiger partial charge in [0.1, 0.15) is 0 Å². The molecule has 4 rings (SSSR count). The van der Waals surface area contributed by atoms with E-state index >= 15 is 0 Å². The van der Waals surface area contributed by atoms with E-state index in [9.17, 15) is 14.4 Å². The van der Waals surface area contributed by atoms with Gasteiger partial charge in [-0.2, -0.15) is 15.0 Å². The van der Waals surface area contributed by atoms with Gasteiger partial charge in [-0.25, -0.2) is 0 Å². The van der Waals surface area contributed by atoms with Crippen molar-refractivity contribution in [3.05, 3.63) is 0 Å². The van der Waals surface area contributed by atoms with Crippen LogP contribution in [0.4, 0.5) is 17.8 Å². The molecule has 13 heteroatoms.